The first kappa shape index (κ1) is 15.0. The smallest absolute Gasteiger partial charge is 0.319 e. The number of aliphatic hydroxyl groups is 1. The molecule has 0 radical (unpaired) electrons. The zero-order chi connectivity index (χ0) is 15.1. The molecule has 6 heteroatoms. The van der Waals surface area contributed by atoms with E-state index in [9.17, 15) is 9.18 Å². The third-order valence-electron chi connectivity index (χ3n) is 2.56. The second-order valence-electron chi connectivity index (χ2n) is 4.03. The number of hydrogen-bond donors (Lipinski definition) is 3. The second kappa shape index (κ2) is 7.43. The molecule has 0 aliphatic rings. The van der Waals surface area contributed by atoms with Crippen LogP contribution in [0.3, 0.4) is 0 Å². The number of anilines is 1. The van der Waals surface area contributed by atoms with Gasteiger partial charge < -0.3 is 15.7 Å². The van der Waals surface area contributed by atoms with E-state index in [4.69, 9.17) is 5.11 Å². The van der Waals surface area contributed by atoms with Crippen LogP contribution in [0.1, 0.15) is 10.4 Å². The van der Waals surface area contributed by atoms with Crippen molar-refractivity contribution in [3.63, 3.8) is 0 Å². The van der Waals surface area contributed by atoms with Gasteiger partial charge in [-0.25, -0.2) is 9.18 Å². The summed E-state index contributed by atoms with van der Waals surface area (Å²) >= 11 is 1.47. The van der Waals surface area contributed by atoms with Gasteiger partial charge in [0.1, 0.15) is 12.4 Å². The summed E-state index contributed by atoms with van der Waals surface area (Å²) in [5, 5.41) is 15.9. The molecule has 1 aromatic heterocycles. The van der Waals surface area contributed by atoms with Crippen LogP contribution in [0.25, 0.3) is 0 Å². The molecular weight excluding hydrogens is 291 g/mol. The summed E-state index contributed by atoms with van der Waals surface area (Å²) in [6, 6.07) is 6.98. The largest absolute Gasteiger partial charge is 0.384 e. The van der Waals surface area contributed by atoms with E-state index in [2.05, 4.69) is 22.5 Å². The zero-order valence-corrected chi connectivity index (χ0v) is 11.8. The number of benzene rings is 1. The zero-order valence-electron chi connectivity index (χ0n) is 11.0. The van der Waals surface area contributed by atoms with E-state index in [0.29, 0.717) is 12.2 Å². The molecule has 2 amide bonds. The van der Waals surface area contributed by atoms with Crippen molar-refractivity contribution < 1.29 is 14.3 Å². The molecule has 0 aliphatic heterocycles. The van der Waals surface area contributed by atoms with Crippen LogP contribution in [0.2, 0.25) is 0 Å². The Morgan fingerprint density at radius 1 is 1.29 bits per heavy atom. The number of urea groups is 1. The van der Waals surface area contributed by atoms with Crippen LogP contribution in [0.5, 0.6) is 0 Å². The minimum Gasteiger partial charge on any atom is -0.384 e. The Bertz CT molecular complexity index is 671. The van der Waals surface area contributed by atoms with E-state index in [1.54, 1.807) is 0 Å². The molecule has 0 unspecified atom stereocenters. The second-order valence-corrected chi connectivity index (χ2v) is 5.03. The molecule has 3 N–H and O–H groups in total. The molecule has 2 rings (SSSR count). The summed E-state index contributed by atoms with van der Waals surface area (Å²) in [5.74, 6) is 5.04. The molecule has 2 aromatic rings. The number of rotatable bonds is 3. The predicted octanol–water partition coefficient (Wildman–Crippen LogP) is 2.55. The highest BCUT2D eigenvalue weighted by molar-refractivity contribution is 7.10. The Balaban J connectivity index is 1.89. The monoisotopic (exact) mass is 304 g/mol. The number of carbonyl (C=O) groups is 1. The minimum atomic E-state index is -0.379. The highest BCUT2D eigenvalue weighted by Crippen LogP contribution is 2.15. The van der Waals surface area contributed by atoms with Crippen molar-refractivity contribution in [2.24, 2.45) is 0 Å². The first-order chi connectivity index (χ1) is 10.2. The van der Waals surface area contributed by atoms with Gasteiger partial charge in [-0.05, 0) is 35.7 Å². The van der Waals surface area contributed by atoms with Gasteiger partial charge in [0, 0.05) is 16.1 Å². The number of amides is 2. The van der Waals surface area contributed by atoms with E-state index in [1.807, 2.05) is 11.4 Å². The molecule has 108 valence electrons. The fourth-order valence-electron chi connectivity index (χ4n) is 1.59. The van der Waals surface area contributed by atoms with Gasteiger partial charge in [-0.3, -0.25) is 0 Å². The lowest BCUT2D eigenvalue weighted by Gasteiger charge is -2.07. The molecule has 21 heavy (non-hydrogen) atoms. The average Bonchev–Trinajstić information content (AvgIpc) is 2.93. The van der Waals surface area contributed by atoms with E-state index < -0.39 is 0 Å². The molecule has 0 spiro atoms. The lowest BCUT2D eigenvalue weighted by Crippen LogP contribution is -2.28. The lowest BCUT2D eigenvalue weighted by molar-refractivity contribution is 0.252. The van der Waals surface area contributed by atoms with Crippen molar-refractivity contribution in [3.05, 3.63) is 52.0 Å². The fourth-order valence-corrected chi connectivity index (χ4v) is 2.36. The van der Waals surface area contributed by atoms with E-state index in [1.165, 1.54) is 35.6 Å². The summed E-state index contributed by atoms with van der Waals surface area (Å²) in [6.45, 7) is 0.133. The molecule has 0 atom stereocenters. The summed E-state index contributed by atoms with van der Waals surface area (Å²) in [6.07, 6.45) is 0. The van der Waals surface area contributed by atoms with Gasteiger partial charge in [-0.2, -0.15) is 0 Å². The number of thiophene rings is 1. The van der Waals surface area contributed by atoms with Crippen molar-refractivity contribution in [1.29, 1.82) is 0 Å². The number of aliphatic hydroxyl groups excluding tert-OH is 1. The van der Waals surface area contributed by atoms with Gasteiger partial charge in [-0.1, -0.05) is 11.8 Å². The first-order valence-corrected chi connectivity index (χ1v) is 7.03. The molecule has 0 saturated carbocycles. The normalized spacial score (nSPS) is 9.62. The van der Waals surface area contributed by atoms with Crippen LogP contribution in [0, 0.1) is 17.7 Å². The van der Waals surface area contributed by atoms with E-state index in [0.717, 1.165) is 10.4 Å². The molecule has 0 saturated heterocycles. The van der Waals surface area contributed by atoms with Gasteiger partial charge in [0.2, 0.25) is 0 Å². The Morgan fingerprint density at radius 2 is 2.05 bits per heavy atom. The van der Waals surface area contributed by atoms with Gasteiger partial charge in [-0.15, -0.1) is 11.3 Å². The summed E-state index contributed by atoms with van der Waals surface area (Å²) < 4.78 is 12.7. The minimum absolute atomic E-state index is 0.201. The van der Waals surface area contributed by atoms with Crippen molar-refractivity contribution in [1.82, 2.24) is 5.32 Å². The first-order valence-electron chi connectivity index (χ1n) is 6.15. The Labute approximate surface area is 125 Å². The average molecular weight is 304 g/mol. The van der Waals surface area contributed by atoms with Crippen LogP contribution in [0.15, 0.2) is 35.7 Å². The van der Waals surface area contributed by atoms with Gasteiger partial charge >= 0.3 is 6.03 Å². The maximum absolute atomic E-state index is 12.7. The van der Waals surface area contributed by atoms with Crippen molar-refractivity contribution in [2.75, 3.05) is 11.9 Å². The fraction of sp³-hybridized carbons (Fsp3) is 0.133. The highest BCUT2D eigenvalue weighted by atomic mass is 32.1. The third kappa shape index (κ3) is 4.60. The quantitative estimate of drug-likeness (QED) is 0.763. The van der Waals surface area contributed by atoms with E-state index >= 15 is 0 Å². The third-order valence-corrected chi connectivity index (χ3v) is 3.48. The SMILES string of the molecule is O=C(NCc1sccc1C#CCO)Nc1ccc(F)cc1. The highest BCUT2D eigenvalue weighted by Gasteiger charge is 2.05. The van der Waals surface area contributed by atoms with Crippen LogP contribution in [-0.4, -0.2) is 17.7 Å². The number of halogens is 1. The Hall–Kier alpha value is -2.36. The molecule has 0 bridgehead atoms. The molecule has 0 fully saturated rings. The Kier molecular flexibility index (Phi) is 5.32. The number of hydrogen-bond acceptors (Lipinski definition) is 3. The van der Waals surface area contributed by atoms with Crippen LogP contribution >= 0.6 is 11.3 Å². The van der Waals surface area contributed by atoms with Crippen molar-refractivity contribution in [2.45, 2.75) is 6.54 Å². The van der Waals surface area contributed by atoms with Gasteiger partial charge in [0.25, 0.3) is 0 Å². The molecule has 1 heterocycles. The molecule has 0 aliphatic carbocycles. The summed E-state index contributed by atoms with van der Waals surface area (Å²) in [7, 11) is 0. The molecule has 4 nitrogen and oxygen atoms in total. The summed E-state index contributed by atoms with van der Waals surface area (Å²) in [5.41, 5.74) is 1.30. The lowest BCUT2D eigenvalue weighted by atomic mass is 10.2. The van der Waals surface area contributed by atoms with E-state index in [-0.39, 0.29) is 18.5 Å². The maximum Gasteiger partial charge on any atom is 0.319 e. The van der Waals surface area contributed by atoms with Crippen molar-refractivity contribution in [3.8, 4) is 11.8 Å². The van der Waals surface area contributed by atoms with Crippen LogP contribution in [0.4, 0.5) is 14.9 Å². The predicted molar refractivity (Wildman–Crippen MR) is 80.5 cm³/mol. The standard InChI is InChI=1S/C15H13FN2O2S/c16-12-3-5-13(6-4-12)18-15(20)17-10-14-11(2-1-8-19)7-9-21-14/h3-7,9,19H,8,10H2,(H2,17,18,20). The van der Waals surface area contributed by atoms with Crippen molar-refractivity contribution >= 4 is 23.1 Å². The topological polar surface area (TPSA) is 61.4 Å². The number of nitrogens with one attached hydrogen (secondary N) is 2. The maximum atomic E-state index is 12.7. The van der Waals surface area contributed by atoms with Crippen LogP contribution in [-0.2, 0) is 6.54 Å². The Morgan fingerprint density at radius 3 is 2.76 bits per heavy atom. The van der Waals surface area contributed by atoms with Gasteiger partial charge in [0.05, 0.1) is 6.54 Å². The van der Waals surface area contributed by atoms with Gasteiger partial charge in [0.15, 0.2) is 0 Å². The summed E-state index contributed by atoms with van der Waals surface area (Å²) in [4.78, 5) is 12.6. The molecule has 1 aromatic carbocycles. The molecular formula is C15H13FN2O2S. The van der Waals surface area contributed by atoms with Crippen LogP contribution < -0.4 is 10.6 Å². The number of carbonyl (C=O) groups excluding carboxylic acids is 1.